The summed E-state index contributed by atoms with van der Waals surface area (Å²) in [5, 5.41) is 3.40. The van der Waals surface area contributed by atoms with Gasteiger partial charge >= 0.3 is 5.97 Å². The Hall–Kier alpha value is -4.03. The molecule has 1 aliphatic heterocycles. The second kappa shape index (κ2) is 14.9. The van der Waals surface area contributed by atoms with E-state index in [0.717, 1.165) is 11.1 Å². The molecule has 0 aliphatic carbocycles. The normalized spacial score (nSPS) is 15.9. The Kier molecular flexibility index (Phi) is 11.1. The highest BCUT2D eigenvalue weighted by Crippen LogP contribution is 2.41. The van der Waals surface area contributed by atoms with Crippen molar-refractivity contribution in [1.82, 2.24) is 5.32 Å². The Balaban J connectivity index is 1.56. The first-order chi connectivity index (χ1) is 20.7. The first-order valence-electron chi connectivity index (χ1n) is 14.1. The molecular weight excluding hydrogens is 557 g/mol. The number of nitrogens with two attached hydrogens (primary N) is 2. The van der Waals surface area contributed by atoms with Crippen molar-refractivity contribution in [2.24, 2.45) is 11.5 Å². The van der Waals surface area contributed by atoms with E-state index in [0.29, 0.717) is 74.1 Å². The lowest BCUT2D eigenvalue weighted by atomic mass is 9.81. The molecule has 0 aromatic heterocycles. The van der Waals surface area contributed by atoms with Crippen LogP contribution in [0.2, 0.25) is 0 Å². The molecule has 1 aliphatic rings. The zero-order valence-electron chi connectivity index (χ0n) is 24.5. The van der Waals surface area contributed by atoms with E-state index < -0.39 is 23.2 Å². The standard InChI is InChI=1S/C32H38FN3O7/c1-32(20-30(35)37)26-19-29(28(17-23(26)9-11-36-32)42-16-15-41-14-13-40-12-10-34)43-24-7-8-25(27(33)18-24)21-3-5-22(6-4-21)31(38)39-2/h3-8,17-19,36H,9-16,20,34H2,1-2H3,(H2,35,37)/t32-/m1/s1. The number of esters is 1. The Bertz CT molecular complexity index is 1420. The minimum Gasteiger partial charge on any atom is -0.487 e. The summed E-state index contributed by atoms with van der Waals surface area (Å²) in [6.45, 7) is 4.92. The van der Waals surface area contributed by atoms with E-state index in [2.05, 4.69) is 5.32 Å². The number of hydrogen-bond acceptors (Lipinski definition) is 9. The van der Waals surface area contributed by atoms with Crippen LogP contribution in [0.3, 0.4) is 0 Å². The van der Waals surface area contributed by atoms with Gasteiger partial charge < -0.3 is 40.5 Å². The molecule has 43 heavy (non-hydrogen) atoms. The molecule has 0 radical (unpaired) electrons. The Morgan fingerprint density at radius 1 is 0.953 bits per heavy atom. The van der Waals surface area contributed by atoms with Crippen molar-refractivity contribution in [2.75, 3.05) is 53.2 Å². The molecule has 230 valence electrons. The lowest BCUT2D eigenvalue weighted by molar-refractivity contribution is -0.119. The van der Waals surface area contributed by atoms with Crippen LogP contribution in [0.15, 0.2) is 54.6 Å². The highest BCUT2D eigenvalue weighted by atomic mass is 19.1. The smallest absolute Gasteiger partial charge is 0.337 e. The molecule has 0 saturated carbocycles. The lowest BCUT2D eigenvalue weighted by Gasteiger charge is -2.37. The minimum absolute atomic E-state index is 0.0950. The Morgan fingerprint density at radius 3 is 2.35 bits per heavy atom. The summed E-state index contributed by atoms with van der Waals surface area (Å²) in [4.78, 5) is 23.6. The summed E-state index contributed by atoms with van der Waals surface area (Å²) < 4.78 is 43.2. The molecule has 3 aromatic rings. The highest BCUT2D eigenvalue weighted by molar-refractivity contribution is 5.90. The maximum Gasteiger partial charge on any atom is 0.337 e. The van der Waals surface area contributed by atoms with E-state index in [9.17, 15) is 9.59 Å². The molecule has 1 atom stereocenters. The van der Waals surface area contributed by atoms with Crippen LogP contribution < -0.4 is 26.3 Å². The minimum atomic E-state index is -0.700. The number of carbonyl (C=O) groups is 2. The number of benzene rings is 3. The molecule has 0 saturated heterocycles. The number of nitrogens with one attached hydrogen (secondary N) is 1. The van der Waals surface area contributed by atoms with Crippen LogP contribution in [0, 0.1) is 5.82 Å². The number of carbonyl (C=O) groups excluding carboxylic acids is 2. The van der Waals surface area contributed by atoms with E-state index >= 15 is 4.39 Å². The third-order valence-electron chi connectivity index (χ3n) is 7.11. The first-order valence-corrected chi connectivity index (χ1v) is 14.1. The van der Waals surface area contributed by atoms with Gasteiger partial charge in [-0.3, -0.25) is 4.79 Å². The third kappa shape index (κ3) is 8.29. The predicted octanol–water partition coefficient (Wildman–Crippen LogP) is 3.68. The Labute approximate surface area is 250 Å². The fraction of sp³-hybridized carbons (Fsp3) is 0.375. The molecule has 1 amide bonds. The fourth-order valence-electron chi connectivity index (χ4n) is 5.03. The molecule has 0 bridgehead atoms. The topological polar surface area (TPSA) is 144 Å². The summed E-state index contributed by atoms with van der Waals surface area (Å²) in [6.07, 6.45) is 0.811. The monoisotopic (exact) mass is 595 g/mol. The number of amides is 1. The molecule has 5 N–H and O–H groups in total. The van der Waals surface area contributed by atoms with Crippen LogP contribution in [0.5, 0.6) is 17.2 Å². The summed E-state index contributed by atoms with van der Waals surface area (Å²) >= 11 is 0. The molecule has 11 heteroatoms. The zero-order chi connectivity index (χ0) is 30.8. The Morgan fingerprint density at radius 2 is 1.67 bits per heavy atom. The van der Waals surface area contributed by atoms with Crippen LogP contribution in [0.1, 0.15) is 34.8 Å². The lowest BCUT2D eigenvalue weighted by Crippen LogP contribution is -2.47. The second-order valence-electron chi connectivity index (χ2n) is 10.3. The number of primary amides is 1. The van der Waals surface area contributed by atoms with Crippen molar-refractivity contribution >= 4 is 11.9 Å². The molecular formula is C32H38FN3O7. The van der Waals surface area contributed by atoms with Gasteiger partial charge in [0.15, 0.2) is 11.5 Å². The van der Waals surface area contributed by atoms with Crippen LogP contribution in [0.25, 0.3) is 11.1 Å². The molecule has 0 fully saturated rings. The number of halogens is 1. The number of fused-ring (bicyclic) bond motifs is 1. The first kappa shape index (κ1) is 31.9. The maximum absolute atomic E-state index is 15.3. The second-order valence-corrected chi connectivity index (χ2v) is 10.3. The molecule has 0 spiro atoms. The van der Waals surface area contributed by atoms with Gasteiger partial charge in [0, 0.05) is 36.7 Å². The van der Waals surface area contributed by atoms with Crippen molar-refractivity contribution in [1.29, 1.82) is 0 Å². The van der Waals surface area contributed by atoms with Crippen LogP contribution in [-0.4, -0.2) is 65.1 Å². The van der Waals surface area contributed by atoms with E-state index in [1.807, 2.05) is 19.1 Å². The quantitative estimate of drug-likeness (QED) is 0.177. The number of ether oxygens (including phenoxy) is 5. The van der Waals surface area contributed by atoms with Crippen molar-refractivity contribution in [3.63, 3.8) is 0 Å². The van der Waals surface area contributed by atoms with Crippen molar-refractivity contribution in [3.05, 3.63) is 77.1 Å². The average Bonchev–Trinajstić information content (AvgIpc) is 2.98. The van der Waals surface area contributed by atoms with Crippen LogP contribution >= 0.6 is 0 Å². The molecule has 0 unspecified atom stereocenters. The van der Waals surface area contributed by atoms with Crippen molar-refractivity contribution < 1.29 is 37.7 Å². The van der Waals surface area contributed by atoms with Crippen LogP contribution in [0.4, 0.5) is 4.39 Å². The summed E-state index contributed by atoms with van der Waals surface area (Å²) in [7, 11) is 1.30. The van der Waals surface area contributed by atoms with Crippen molar-refractivity contribution in [2.45, 2.75) is 25.3 Å². The zero-order valence-corrected chi connectivity index (χ0v) is 24.5. The van der Waals surface area contributed by atoms with Gasteiger partial charge in [-0.25, -0.2) is 9.18 Å². The fourth-order valence-corrected chi connectivity index (χ4v) is 5.03. The van der Waals surface area contributed by atoms with E-state index in [-0.39, 0.29) is 18.8 Å². The van der Waals surface area contributed by atoms with Gasteiger partial charge in [-0.2, -0.15) is 0 Å². The number of methoxy groups -OCH3 is 1. The van der Waals surface area contributed by atoms with Gasteiger partial charge in [0.1, 0.15) is 18.2 Å². The van der Waals surface area contributed by atoms with E-state index in [1.165, 1.54) is 13.2 Å². The van der Waals surface area contributed by atoms with E-state index in [1.54, 1.807) is 36.4 Å². The SMILES string of the molecule is COC(=O)c1ccc(-c2ccc(Oc3cc4c(cc3OCCOCCOCCN)CCN[C@]4(C)CC(N)=O)cc2F)cc1. The molecule has 10 nitrogen and oxygen atoms in total. The van der Waals surface area contributed by atoms with Gasteiger partial charge in [0.05, 0.1) is 39.1 Å². The van der Waals surface area contributed by atoms with Gasteiger partial charge in [-0.15, -0.1) is 0 Å². The average molecular weight is 596 g/mol. The van der Waals surface area contributed by atoms with Crippen LogP contribution in [-0.2, 0) is 31.0 Å². The van der Waals surface area contributed by atoms with Gasteiger partial charge in [-0.1, -0.05) is 12.1 Å². The molecule has 3 aromatic carbocycles. The largest absolute Gasteiger partial charge is 0.487 e. The number of rotatable bonds is 15. The third-order valence-corrected chi connectivity index (χ3v) is 7.11. The van der Waals surface area contributed by atoms with Crippen molar-refractivity contribution in [3.8, 4) is 28.4 Å². The molecule has 4 rings (SSSR count). The van der Waals surface area contributed by atoms with E-state index in [4.69, 9.17) is 35.2 Å². The van der Waals surface area contributed by atoms with Gasteiger partial charge in [0.25, 0.3) is 0 Å². The van der Waals surface area contributed by atoms with Gasteiger partial charge in [0.2, 0.25) is 5.91 Å². The predicted molar refractivity (Wildman–Crippen MR) is 159 cm³/mol. The summed E-state index contributed by atoms with van der Waals surface area (Å²) in [5.74, 6) is -0.327. The summed E-state index contributed by atoms with van der Waals surface area (Å²) in [6, 6.07) is 14.7. The number of hydrogen-bond donors (Lipinski definition) is 3. The highest BCUT2D eigenvalue weighted by Gasteiger charge is 2.34. The molecule has 1 heterocycles. The van der Waals surface area contributed by atoms with Gasteiger partial charge in [-0.05, 0) is 66.4 Å². The maximum atomic E-state index is 15.3. The summed E-state index contributed by atoms with van der Waals surface area (Å²) in [5.41, 5.74) is 13.4.